The van der Waals surface area contributed by atoms with Crippen LogP contribution in [-0.4, -0.2) is 33.6 Å². The summed E-state index contributed by atoms with van der Waals surface area (Å²) >= 11 is 1.63. The molecule has 0 fully saturated rings. The van der Waals surface area contributed by atoms with Crippen molar-refractivity contribution >= 4 is 28.3 Å². The number of nitrogens with zero attached hydrogens (tertiary/aromatic N) is 5. The fourth-order valence-corrected chi connectivity index (χ4v) is 3.37. The van der Waals surface area contributed by atoms with Crippen LogP contribution in [0.4, 0.5) is 5.82 Å². The predicted molar refractivity (Wildman–Crippen MR) is 96.3 cm³/mol. The number of rotatable bonds is 6. The van der Waals surface area contributed by atoms with Gasteiger partial charge in [-0.05, 0) is 32.9 Å². The first-order valence-electron chi connectivity index (χ1n) is 7.95. The first-order chi connectivity index (χ1) is 11.6. The normalized spacial score (nSPS) is 12.5. The van der Waals surface area contributed by atoms with Gasteiger partial charge < -0.3 is 9.64 Å². The molecule has 6 nitrogen and oxygen atoms in total. The second-order valence-electron chi connectivity index (χ2n) is 5.61. The molecule has 0 bridgehead atoms. The summed E-state index contributed by atoms with van der Waals surface area (Å²) in [6.45, 7) is 7.35. The summed E-state index contributed by atoms with van der Waals surface area (Å²) in [5.41, 5.74) is 3.37. The van der Waals surface area contributed by atoms with Crippen LogP contribution in [0.3, 0.4) is 0 Å². The Labute approximate surface area is 145 Å². The Morgan fingerprint density at radius 2 is 2.12 bits per heavy atom. The third kappa shape index (κ3) is 3.52. The zero-order valence-electron chi connectivity index (χ0n) is 14.4. The molecule has 3 aromatic rings. The van der Waals surface area contributed by atoms with Crippen LogP contribution < -0.4 is 4.90 Å². The number of aromatic nitrogens is 4. The van der Waals surface area contributed by atoms with E-state index in [-0.39, 0.29) is 6.10 Å². The first kappa shape index (κ1) is 16.7. The molecule has 126 valence electrons. The number of anilines is 1. The lowest BCUT2D eigenvalue weighted by Crippen LogP contribution is -2.20. The first-order valence-corrected chi connectivity index (χ1v) is 8.83. The summed E-state index contributed by atoms with van der Waals surface area (Å²) in [6, 6.07) is 3.80. The molecule has 0 saturated heterocycles. The minimum absolute atomic E-state index is 0.0328. The Bertz CT molecular complexity index is 835. The Morgan fingerprint density at radius 3 is 2.92 bits per heavy atom. The number of hydrogen-bond donors (Lipinski definition) is 0. The van der Waals surface area contributed by atoms with Crippen LogP contribution in [-0.2, 0) is 11.3 Å². The van der Waals surface area contributed by atoms with E-state index in [2.05, 4.69) is 30.2 Å². The maximum absolute atomic E-state index is 5.60. The van der Waals surface area contributed by atoms with E-state index in [1.807, 2.05) is 40.0 Å². The highest BCUT2D eigenvalue weighted by atomic mass is 32.1. The zero-order chi connectivity index (χ0) is 17.1. The lowest BCUT2D eigenvalue weighted by molar-refractivity contribution is 0.0761. The number of aryl methyl sites for hydroxylation is 1. The fraction of sp³-hybridized carbons (Fsp3) is 0.412. The molecule has 0 aromatic carbocycles. The molecule has 0 aliphatic heterocycles. The molecule has 7 heteroatoms. The maximum Gasteiger partial charge on any atom is 0.180 e. The molecule has 1 unspecified atom stereocenters. The van der Waals surface area contributed by atoms with Crippen LogP contribution in [0.2, 0.25) is 0 Å². The largest absolute Gasteiger partial charge is 0.372 e. The van der Waals surface area contributed by atoms with E-state index in [1.54, 1.807) is 17.5 Å². The van der Waals surface area contributed by atoms with Gasteiger partial charge in [-0.25, -0.2) is 19.9 Å². The molecule has 3 aromatic heterocycles. The predicted octanol–water partition coefficient (Wildman–Crippen LogP) is 3.52. The average molecular weight is 343 g/mol. The van der Waals surface area contributed by atoms with Crippen molar-refractivity contribution in [3.05, 3.63) is 40.1 Å². The molecule has 3 heterocycles. The van der Waals surface area contributed by atoms with Crippen LogP contribution in [0.1, 0.15) is 36.3 Å². The summed E-state index contributed by atoms with van der Waals surface area (Å²) in [4.78, 5) is 20.3. The van der Waals surface area contributed by atoms with E-state index in [0.717, 1.165) is 27.7 Å². The van der Waals surface area contributed by atoms with Crippen LogP contribution >= 0.6 is 11.3 Å². The lowest BCUT2D eigenvalue weighted by Gasteiger charge is -2.18. The Hall–Kier alpha value is -2.12. The molecular formula is C17H21N5OS. The Balaban J connectivity index is 1.80. The summed E-state index contributed by atoms with van der Waals surface area (Å²) in [7, 11) is 2.00. The Morgan fingerprint density at radius 1 is 1.29 bits per heavy atom. The van der Waals surface area contributed by atoms with E-state index in [9.17, 15) is 0 Å². The van der Waals surface area contributed by atoms with Crippen molar-refractivity contribution < 1.29 is 4.74 Å². The quantitative estimate of drug-likeness (QED) is 0.682. The fourth-order valence-electron chi connectivity index (χ4n) is 2.56. The van der Waals surface area contributed by atoms with Crippen molar-refractivity contribution in [2.75, 3.05) is 18.6 Å². The molecule has 24 heavy (non-hydrogen) atoms. The number of thiazole rings is 1. The SMILES string of the molecule is CCOC(C)c1nc(CN(C)c2nc3ncccc3nc2C)cs1. The summed E-state index contributed by atoms with van der Waals surface area (Å²) in [5, 5.41) is 3.08. The number of fused-ring (bicyclic) bond motifs is 1. The molecular weight excluding hydrogens is 322 g/mol. The van der Waals surface area contributed by atoms with Gasteiger partial charge in [0.1, 0.15) is 16.6 Å². The van der Waals surface area contributed by atoms with Gasteiger partial charge in [0.25, 0.3) is 0 Å². The van der Waals surface area contributed by atoms with Crippen LogP contribution in [0.15, 0.2) is 23.7 Å². The lowest BCUT2D eigenvalue weighted by atomic mass is 10.3. The number of pyridine rings is 1. The van der Waals surface area contributed by atoms with Crippen molar-refractivity contribution in [3.63, 3.8) is 0 Å². The minimum atomic E-state index is 0.0328. The van der Waals surface area contributed by atoms with Gasteiger partial charge in [-0.1, -0.05) is 0 Å². The van der Waals surface area contributed by atoms with E-state index >= 15 is 0 Å². The molecule has 0 aliphatic carbocycles. The van der Waals surface area contributed by atoms with Crippen molar-refractivity contribution in [1.82, 2.24) is 19.9 Å². The van der Waals surface area contributed by atoms with Crippen molar-refractivity contribution in [1.29, 1.82) is 0 Å². The third-order valence-corrected chi connectivity index (χ3v) is 4.74. The highest BCUT2D eigenvalue weighted by Gasteiger charge is 2.14. The molecule has 0 amide bonds. The molecule has 0 radical (unpaired) electrons. The van der Waals surface area contributed by atoms with Gasteiger partial charge in [-0.15, -0.1) is 11.3 Å². The molecule has 0 N–H and O–H groups in total. The summed E-state index contributed by atoms with van der Waals surface area (Å²) < 4.78 is 5.60. The van der Waals surface area contributed by atoms with E-state index in [4.69, 9.17) is 4.74 Å². The highest BCUT2D eigenvalue weighted by molar-refractivity contribution is 7.09. The van der Waals surface area contributed by atoms with Gasteiger partial charge >= 0.3 is 0 Å². The molecule has 0 aliphatic rings. The van der Waals surface area contributed by atoms with Gasteiger partial charge in [-0.2, -0.15) is 0 Å². The monoisotopic (exact) mass is 343 g/mol. The van der Waals surface area contributed by atoms with Crippen LogP contribution in [0.5, 0.6) is 0 Å². The molecule has 1 atom stereocenters. The highest BCUT2D eigenvalue weighted by Crippen LogP contribution is 2.23. The second kappa shape index (κ2) is 7.19. The topological polar surface area (TPSA) is 64.0 Å². The van der Waals surface area contributed by atoms with Crippen LogP contribution in [0, 0.1) is 6.92 Å². The average Bonchev–Trinajstić information content (AvgIpc) is 3.03. The van der Waals surface area contributed by atoms with Crippen molar-refractivity contribution in [2.45, 2.75) is 33.4 Å². The minimum Gasteiger partial charge on any atom is -0.372 e. The van der Waals surface area contributed by atoms with Gasteiger partial charge in [0.15, 0.2) is 11.5 Å². The zero-order valence-corrected chi connectivity index (χ0v) is 15.2. The molecule has 0 spiro atoms. The van der Waals surface area contributed by atoms with E-state index in [0.29, 0.717) is 18.8 Å². The van der Waals surface area contributed by atoms with Crippen LogP contribution in [0.25, 0.3) is 11.2 Å². The molecule has 0 saturated carbocycles. The smallest absolute Gasteiger partial charge is 0.180 e. The number of ether oxygens (including phenoxy) is 1. The van der Waals surface area contributed by atoms with Crippen molar-refractivity contribution in [2.24, 2.45) is 0 Å². The molecule has 3 rings (SSSR count). The summed E-state index contributed by atoms with van der Waals surface area (Å²) in [6.07, 6.45) is 1.77. The van der Waals surface area contributed by atoms with E-state index < -0.39 is 0 Å². The van der Waals surface area contributed by atoms with Crippen molar-refractivity contribution in [3.8, 4) is 0 Å². The van der Waals surface area contributed by atoms with Gasteiger partial charge in [-0.3, -0.25) is 0 Å². The second-order valence-corrected chi connectivity index (χ2v) is 6.50. The van der Waals surface area contributed by atoms with Gasteiger partial charge in [0.2, 0.25) is 0 Å². The maximum atomic E-state index is 5.60. The Kier molecular flexibility index (Phi) is 5.01. The van der Waals surface area contributed by atoms with E-state index in [1.165, 1.54) is 0 Å². The number of hydrogen-bond acceptors (Lipinski definition) is 7. The third-order valence-electron chi connectivity index (χ3n) is 3.68. The standard InChI is InChI=1S/C17H21N5OS/c1-5-23-12(3)17-20-13(10-24-17)9-22(4)16-11(2)19-14-7-6-8-18-15(14)21-16/h6-8,10,12H,5,9H2,1-4H3. The van der Waals surface area contributed by atoms with Gasteiger partial charge in [0.05, 0.1) is 17.9 Å². The van der Waals surface area contributed by atoms with Gasteiger partial charge in [0, 0.05) is 25.2 Å². The summed E-state index contributed by atoms with van der Waals surface area (Å²) in [5.74, 6) is 0.827.